The van der Waals surface area contributed by atoms with Gasteiger partial charge in [-0.15, -0.1) is 5.10 Å². The average Bonchev–Trinajstić information content (AvgIpc) is 2.89. The maximum atomic E-state index is 6.01. The van der Waals surface area contributed by atoms with Crippen LogP contribution in [0.5, 0.6) is 5.88 Å². The Morgan fingerprint density at radius 1 is 1.25 bits per heavy atom. The molecule has 2 aromatic rings. The lowest BCUT2D eigenvalue weighted by atomic mass is 9.75. The summed E-state index contributed by atoms with van der Waals surface area (Å²) in [5, 5.41) is 5.46. The minimum absolute atomic E-state index is 0.519. The molecule has 0 N–H and O–H groups in total. The quantitative estimate of drug-likeness (QED) is 0.825. The smallest absolute Gasteiger partial charge is 0.233 e. The van der Waals surface area contributed by atoms with Gasteiger partial charge in [0.05, 0.1) is 22.3 Å². The molecule has 0 spiro atoms. The summed E-state index contributed by atoms with van der Waals surface area (Å²) >= 11 is 11.9. The van der Waals surface area contributed by atoms with E-state index in [9.17, 15) is 0 Å². The van der Waals surface area contributed by atoms with E-state index in [1.165, 1.54) is 12.8 Å². The maximum absolute atomic E-state index is 6.01. The van der Waals surface area contributed by atoms with Crippen LogP contribution in [0.2, 0.25) is 10.0 Å². The van der Waals surface area contributed by atoms with Gasteiger partial charge in [-0.3, -0.25) is 0 Å². The van der Waals surface area contributed by atoms with Gasteiger partial charge in [-0.1, -0.05) is 30.1 Å². The summed E-state index contributed by atoms with van der Waals surface area (Å²) in [7, 11) is 0. The van der Waals surface area contributed by atoms with Crippen LogP contribution in [0.15, 0.2) is 30.5 Å². The summed E-state index contributed by atoms with van der Waals surface area (Å²) in [6.07, 6.45) is 4.43. The second kappa shape index (κ2) is 5.66. The third-order valence-electron chi connectivity index (χ3n) is 3.98. The largest absolute Gasteiger partial charge is 0.476 e. The van der Waals surface area contributed by atoms with E-state index in [1.807, 2.05) is 18.3 Å². The van der Waals surface area contributed by atoms with Crippen molar-refractivity contribution in [1.82, 2.24) is 9.78 Å². The number of ether oxygens (including phenoxy) is 1. The highest BCUT2D eigenvalue weighted by Gasteiger charge is 2.27. The number of halogens is 2. The summed E-state index contributed by atoms with van der Waals surface area (Å²) < 4.78 is 7.48. The molecule has 0 aliphatic heterocycles. The average molecular weight is 311 g/mol. The molecule has 0 unspecified atom stereocenters. The summed E-state index contributed by atoms with van der Waals surface area (Å²) in [6.45, 7) is 3.02. The minimum Gasteiger partial charge on any atom is -0.476 e. The number of hydrogen-bond donors (Lipinski definition) is 0. The first-order chi connectivity index (χ1) is 9.63. The highest BCUT2D eigenvalue weighted by molar-refractivity contribution is 6.42. The Morgan fingerprint density at radius 2 is 2.10 bits per heavy atom. The first-order valence-corrected chi connectivity index (χ1v) is 7.53. The van der Waals surface area contributed by atoms with Crippen LogP contribution in [-0.2, 0) is 0 Å². The van der Waals surface area contributed by atoms with Crippen LogP contribution in [0.3, 0.4) is 0 Å². The number of hydrogen-bond acceptors (Lipinski definition) is 2. The Kier molecular flexibility index (Phi) is 3.90. The molecule has 5 heteroatoms. The molecule has 0 bridgehead atoms. The van der Waals surface area contributed by atoms with E-state index in [-0.39, 0.29) is 0 Å². The van der Waals surface area contributed by atoms with E-state index in [0.29, 0.717) is 21.8 Å². The minimum atomic E-state index is 0.519. The van der Waals surface area contributed by atoms with Gasteiger partial charge in [0.25, 0.3) is 0 Å². The van der Waals surface area contributed by atoms with Gasteiger partial charge in [0.1, 0.15) is 0 Å². The Morgan fingerprint density at radius 3 is 2.75 bits per heavy atom. The van der Waals surface area contributed by atoms with Gasteiger partial charge < -0.3 is 4.74 Å². The third kappa shape index (κ3) is 2.79. The molecule has 1 aromatic heterocycles. The van der Waals surface area contributed by atoms with Crippen molar-refractivity contribution in [2.24, 2.45) is 11.8 Å². The molecular weight excluding hydrogens is 295 g/mol. The van der Waals surface area contributed by atoms with Crippen molar-refractivity contribution in [2.45, 2.75) is 19.8 Å². The molecule has 3 rings (SSSR count). The Hall–Kier alpha value is -1.19. The van der Waals surface area contributed by atoms with Crippen molar-refractivity contribution in [3.63, 3.8) is 0 Å². The van der Waals surface area contributed by atoms with Crippen LogP contribution in [0.25, 0.3) is 5.69 Å². The lowest BCUT2D eigenvalue weighted by Gasteiger charge is -2.33. The molecule has 0 amide bonds. The molecule has 1 aliphatic rings. The highest BCUT2D eigenvalue weighted by Crippen LogP contribution is 2.33. The second-order valence-electron chi connectivity index (χ2n) is 5.32. The van der Waals surface area contributed by atoms with E-state index in [1.54, 1.807) is 16.8 Å². The van der Waals surface area contributed by atoms with Gasteiger partial charge in [-0.05, 0) is 42.9 Å². The van der Waals surface area contributed by atoms with Gasteiger partial charge in [-0.2, -0.15) is 0 Å². The second-order valence-corrected chi connectivity index (χ2v) is 6.14. The van der Waals surface area contributed by atoms with Gasteiger partial charge >= 0.3 is 0 Å². The van der Waals surface area contributed by atoms with Crippen LogP contribution in [0.4, 0.5) is 0 Å². The molecule has 20 heavy (non-hydrogen) atoms. The zero-order chi connectivity index (χ0) is 14.1. The Bertz CT molecular complexity index is 612. The molecule has 3 nitrogen and oxygen atoms in total. The number of benzene rings is 1. The van der Waals surface area contributed by atoms with E-state index >= 15 is 0 Å². The van der Waals surface area contributed by atoms with Crippen molar-refractivity contribution in [2.75, 3.05) is 6.61 Å². The zero-order valence-corrected chi connectivity index (χ0v) is 12.7. The molecule has 0 radical (unpaired) electrons. The van der Waals surface area contributed by atoms with E-state index < -0.39 is 0 Å². The lowest BCUT2D eigenvalue weighted by Crippen LogP contribution is -2.28. The van der Waals surface area contributed by atoms with Crippen molar-refractivity contribution in [3.05, 3.63) is 40.5 Å². The Balaban J connectivity index is 1.68. The summed E-state index contributed by atoms with van der Waals surface area (Å²) in [5.74, 6) is 2.09. The number of aromatic nitrogens is 2. The van der Waals surface area contributed by atoms with Gasteiger partial charge in [0.15, 0.2) is 0 Å². The molecular formula is C15H16Cl2N2O. The molecule has 1 aliphatic carbocycles. The van der Waals surface area contributed by atoms with Crippen LogP contribution < -0.4 is 4.74 Å². The first kappa shape index (κ1) is 13.8. The van der Waals surface area contributed by atoms with E-state index in [2.05, 4.69) is 12.0 Å². The highest BCUT2D eigenvalue weighted by atomic mass is 35.5. The SMILES string of the molecule is C[C@H]1CC[C@H]1COc1ccn(-c2ccc(Cl)c(Cl)c2)n1. The third-order valence-corrected chi connectivity index (χ3v) is 4.71. The van der Waals surface area contributed by atoms with Crippen LogP contribution >= 0.6 is 23.2 Å². The van der Waals surface area contributed by atoms with Crippen LogP contribution in [0.1, 0.15) is 19.8 Å². The molecule has 0 saturated heterocycles. The number of nitrogens with zero attached hydrogens (tertiary/aromatic N) is 2. The summed E-state index contributed by atoms with van der Waals surface area (Å²) in [5.41, 5.74) is 0.867. The van der Waals surface area contributed by atoms with Crippen molar-refractivity contribution in [3.8, 4) is 11.6 Å². The summed E-state index contributed by atoms with van der Waals surface area (Å²) in [6, 6.07) is 7.29. The van der Waals surface area contributed by atoms with Gasteiger partial charge in [-0.25, -0.2) is 4.68 Å². The van der Waals surface area contributed by atoms with E-state index in [0.717, 1.165) is 18.2 Å². The molecule has 106 valence electrons. The molecule has 2 atom stereocenters. The van der Waals surface area contributed by atoms with Crippen molar-refractivity contribution in [1.29, 1.82) is 0 Å². The fraction of sp³-hybridized carbons (Fsp3) is 0.400. The fourth-order valence-corrected chi connectivity index (χ4v) is 2.62. The van der Waals surface area contributed by atoms with Crippen LogP contribution in [-0.4, -0.2) is 16.4 Å². The molecule has 1 saturated carbocycles. The molecule has 1 heterocycles. The van der Waals surface area contributed by atoms with Gasteiger partial charge in [0.2, 0.25) is 5.88 Å². The van der Waals surface area contributed by atoms with Crippen molar-refractivity contribution >= 4 is 23.2 Å². The fourth-order valence-electron chi connectivity index (χ4n) is 2.33. The Labute approximate surface area is 128 Å². The monoisotopic (exact) mass is 310 g/mol. The van der Waals surface area contributed by atoms with Crippen LogP contribution in [0, 0.1) is 11.8 Å². The standard InChI is InChI=1S/C15H16Cl2N2O/c1-10-2-3-11(10)9-20-15-6-7-19(18-15)12-4-5-13(16)14(17)8-12/h4-8,10-11H,2-3,9H2,1H3/t10-,11-/m0/s1. The molecule has 1 fully saturated rings. The predicted molar refractivity (Wildman–Crippen MR) is 81.0 cm³/mol. The normalized spacial score (nSPS) is 21.6. The van der Waals surface area contributed by atoms with Gasteiger partial charge in [0, 0.05) is 12.3 Å². The van der Waals surface area contributed by atoms with Crippen molar-refractivity contribution < 1.29 is 4.74 Å². The predicted octanol–water partition coefficient (Wildman–Crippen LogP) is 4.60. The number of rotatable bonds is 4. The zero-order valence-electron chi connectivity index (χ0n) is 11.2. The summed E-state index contributed by atoms with van der Waals surface area (Å²) in [4.78, 5) is 0. The van der Waals surface area contributed by atoms with E-state index in [4.69, 9.17) is 27.9 Å². The lowest BCUT2D eigenvalue weighted by molar-refractivity contribution is 0.113. The topological polar surface area (TPSA) is 27.1 Å². The first-order valence-electron chi connectivity index (χ1n) is 6.77. The molecule has 1 aromatic carbocycles. The maximum Gasteiger partial charge on any atom is 0.233 e.